The zero-order chi connectivity index (χ0) is 16.9. The summed E-state index contributed by atoms with van der Waals surface area (Å²) < 4.78 is 0. The van der Waals surface area contributed by atoms with Crippen molar-refractivity contribution in [1.82, 2.24) is 9.97 Å². The third-order valence-corrected chi connectivity index (χ3v) is 4.02. The Labute approximate surface area is 143 Å². The topological polar surface area (TPSA) is 41.1 Å². The van der Waals surface area contributed by atoms with Gasteiger partial charge in [-0.1, -0.05) is 36.4 Å². The number of anilines is 4. The maximum atomic E-state index is 4.70. The lowest BCUT2D eigenvalue weighted by Gasteiger charge is -2.22. The standard InChI is InChI=1S/C20H22N4/c1-4-24(17-11-6-5-7-12-17)18-13-14-21-20(22-18)23-19-15(2)9-8-10-16(19)3/h5-14H,4H2,1-3H3,(H,21,22,23). The van der Waals surface area contributed by atoms with E-state index in [0.29, 0.717) is 5.95 Å². The average molecular weight is 318 g/mol. The average Bonchev–Trinajstić information content (AvgIpc) is 2.60. The van der Waals surface area contributed by atoms with E-state index in [-0.39, 0.29) is 0 Å². The maximum absolute atomic E-state index is 4.70. The molecule has 0 atom stereocenters. The second-order valence-electron chi connectivity index (χ2n) is 5.71. The number of hydrogen-bond acceptors (Lipinski definition) is 4. The van der Waals surface area contributed by atoms with Crippen molar-refractivity contribution in [3.8, 4) is 0 Å². The first-order valence-electron chi connectivity index (χ1n) is 8.18. The predicted octanol–water partition coefficient (Wildman–Crippen LogP) is 5.00. The molecular formula is C20H22N4. The van der Waals surface area contributed by atoms with E-state index in [1.807, 2.05) is 24.3 Å². The number of nitrogens with one attached hydrogen (secondary N) is 1. The molecule has 0 bridgehead atoms. The van der Waals surface area contributed by atoms with Gasteiger partial charge >= 0.3 is 0 Å². The number of para-hydroxylation sites is 2. The zero-order valence-corrected chi connectivity index (χ0v) is 14.3. The number of hydrogen-bond donors (Lipinski definition) is 1. The van der Waals surface area contributed by atoms with Gasteiger partial charge < -0.3 is 10.2 Å². The van der Waals surface area contributed by atoms with Crippen molar-refractivity contribution >= 4 is 23.1 Å². The van der Waals surface area contributed by atoms with E-state index >= 15 is 0 Å². The van der Waals surface area contributed by atoms with Crippen LogP contribution in [0, 0.1) is 13.8 Å². The lowest BCUT2D eigenvalue weighted by Crippen LogP contribution is -2.18. The van der Waals surface area contributed by atoms with Crippen molar-refractivity contribution in [2.24, 2.45) is 0 Å². The van der Waals surface area contributed by atoms with Crippen LogP contribution in [0.2, 0.25) is 0 Å². The van der Waals surface area contributed by atoms with Crippen LogP contribution in [0.1, 0.15) is 18.1 Å². The first kappa shape index (κ1) is 16.0. The molecule has 0 radical (unpaired) electrons. The molecule has 0 saturated carbocycles. The van der Waals surface area contributed by atoms with Crippen LogP contribution in [0.3, 0.4) is 0 Å². The summed E-state index contributed by atoms with van der Waals surface area (Å²) in [5.74, 6) is 1.49. The lowest BCUT2D eigenvalue weighted by atomic mass is 10.1. The second kappa shape index (κ2) is 7.13. The summed E-state index contributed by atoms with van der Waals surface area (Å²) >= 11 is 0. The molecule has 0 unspecified atom stereocenters. The summed E-state index contributed by atoms with van der Waals surface area (Å²) in [5, 5.41) is 3.36. The minimum Gasteiger partial charge on any atom is -0.327 e. The van der Waals surface area contributed by atoms with Gasteiger partial charge in [0.2, 0.25) is 5.95 Å². The Morgan fingerprint density at radius 2 is 1.62 bits per heavy atom. The van der Waals surface area contributed by atoms with Gasteiger partial charge in [0.15, 0.2) is 0 Å². The van der Waals surface area contributed by atoms with Crippen molar-refractivity contribution in [1.29, 1.82) is 0 Å². The van der Waals surface area contributed by atoms with Crippen LogP contribution in [0.5, 0.6) is 0 Å². The van der Waals surface area contributed by atoms with Gasteiger partial charge in [0.25, 0.3) is 0 Å². The van der Waals surface area contributed by atoms with Crippen LogP contribution in [-0.4, -0.2) is 16.5 Å². The number of benzene rings is 2. The quantitative estimate of drug-likeness (QED) is 0.719. The molecule has 0 amide bonds. The first-order valence-corrected chi connectivity index (χ1v) is 8.18. The Kier molecular flexibility index (Phi) is 4.75. The molecule has 3 rings (SSSR count). The molecular weight excluding hydrogens is 296 g/mol. The predicted molar refractivity (Wildman–Crippen MR) is 100 cm³/mol. The molecule has 4 nitrogen and oxygen atoms in total. The van der Waals surface area contributed by atoms with Crippen LogP contribution in [0.4, 0.5) is 23.1 Å². The van der Waals surface area contributed by atoms with E-state index < -0.39 is 0 Å². The van der Waals surface area contributed by atoms with Crippen molar-refractivity contribution in [3.63, 3.8) is 0 Å². The maximum Gasteiger partial charge on any atom is 0.229 e. The Bertz CT molecular complexity index is 795. The highest BCUT2D eigenvalue weighted by atomic mass is 15.2. The summed E-state index contributed by atoms with van der Waals surface area (Å²) in [6.45, 7) is 7.13. The summed E-state index contributed by atoms with van der Waals surface area (Å²) in [4.78, 5) is 11.2. The zero-order valence-electron chi connectivity index (χ0n) is 14.3. The Morgan fingerprint density at radius 3 is 2.29 bits per heavy atom. The molecule has 1 aromatic heterocycles. The van der Waals surface area contributed by atoms with Gasteiger partial charge in [0, 0.05) is 24.1 Å². The van der Waals surface area contributed by atoms with E-state index in [1.54, 1.807) is 6.20 Å². The highest BCUT2D eigenvalue weighted by Crippen LogP contribution is 2.26. The highest BCUT2D eigenvalue weighted by Gasteiger charge is 2.10. The fraction of sp³-hybridized carbons (Fsp3) is 0.200. The van der Waals surface area contributed by atoms with Crippen molar-refractivity contribution in [2.75, 3.05) is 16.8 Å². The van der Waals surface area contributed by atoms with E-state index in [9.17, 15) is 0 Å². The van der Waals surface area contributed by atoms with Crippen LogP contribution in [-0.2, 0) is 0 Å². The summed E-state index contributed by atoms with van der Waals surface area (Å²) in [7, 11) is 0. The molecule has 0 aliphatic heterocycles. The van der Waals surface area contributed by atoms with E-state index in [4.69, 9.17) is 4.98 Å². The Hall–Kier alpha value is -2.88. The molecule has 0 spiro atoms. The van der Waals surface area contributed by atoms with Crippen molar-refractivity contribution in [3.05, 3.63) is 71.9 Å². The van der Waals surface area contributed by atoms with Crippen LogP contribution in [0.15, 0.2) is 60.8 Å². The first-order chi connectivity index (χ1) is 11.7. The Balaban J connectivity index is 1.92. The Morgan fingerprint density at radius 1 is 0.917 bits per heavy atom. The smallest absolute Gasteiger partial charge is 0.229 e. The van der Waals surface area contributed by atoms with Gasteiger partial charge in [-0.2, -0.15) is 4.98 Å². The molecule has 1 N–H and O–H groups in total. The van der Waals surface area contributed by atoms with Crippen LogP contribution in [0.25, 0.3) is 0 Å². The third kappa shape index (κ3) is 3.38. The summed E-state index contributed by atoms with van der Waals surface area (Å²) in [5.41, 5.74) is 4.55. The highest BCUT2D eigenvalue weighted by molar-refractivity contribution is 5.65. The van der Waals surface area contributed by atoms with Gasteiger partial charge in [-0.05, 0) is 50.1 Å². The molecule has 0 fully saturated rings. The molecule has 2 aromatic carbocycles. The fourth-order valence-corrected chi connectivity index (χ4v) is 2.77. The van der Waals surface area contributed by atoms with Gasteiger partial charge in [0.05, 0.1) is 0 Å². The van der Waals surface area contributed by atoms with Crippen LogP contribution < -0.4 is 10.2 Å². The number of aryl methyl sites for hydroxylation is 2. The van der Waals surface area contributed by atoms with E-state index in [0.717, 1.165) is 23.7 Å². The second-order valence-corrected chi connectivity index (χ2v) is 5.71. The third-order valence-electron chi connectivity index (χ3n) is 4.02. The number of aromatic nitrogens is 2. The fourth-order valence-electron chi connectivity index (χ4n) is 2.77. The SMILES string of the molecule is CCN(c1ccccc1)c1ccnc(Nc2c(C)cccc2C)n1. The van der Waals surface area contributed by atoms with Gasteiger partial charge in [-0.25, -0.2) is 4.98 Å². The van der Waals surface area contributed by atoms with E-state index in [2.05, 4.69) is 66.3 Å². The molecule has 0 aliphatic carbocycles. The van der Waals surface area contributed by atoms with Crippen LogP contribution >= 0.6 is 0 Å². The van der Waals surface area contributed by atoms with Gasteiger partial charge in [-0.15, -0.1) is 0 Å². The minimum atomic E-state index is 0.610. The largest absolute Gasteiger partial charge is 0.327 e. The van der Waals surface area contributed by atoms with E-state index in [1.165, 1.54) is 11.1 Å². The normalized spacial score (nSPS) is 10.5. The lowest BCUT2D eigenvalue weighted by molar-refractivity contribution is 0.978. The molecule has 0 aliphatic rings. The molecule has 4 heteroatoms. The minimum absolute atomic E-state index is 0.610. The van der Waals surface area contributed by atoms with Crippen molar-refractivity contribution < 1.29 is 0 Å². The summed E-state index contributed by atoms with van der Waals surface area (Å²) in [6.07, 6.45) is 1.80. The molecule has 0 saturated heterocycles. The summed E-state index contributed by atoms with van der Waals surface area (Å²) in [6, 6.07) is 18.4. The van der Waals surface area contributed by atoms with Crippen molar-refractivity contribution in [2.45, 2.75) is 20.8 Å². The number of rotatable bonds is 5. The number of nitrogens with zero attached hydrogens (tertiary/aromatic N) is 3. The molecule has 1 heterocycles. The molecule has 24 heavy (non-hydrogen) atoms. The van der Waals surface area contributed by atoms with Gasteiger partial charge in [-0.3, -0.25) is 0 Å². The molecule has 3 aromatic rings. The monoisotopic (exact) mass is 318 g/mol. The molecule has 122 valence electrons. The van der Waals surface area contributed by atoms with Gasteiger partial charge in [0.1, 0.15) is 5.82 Å².